The second-order valence-electron chi connectivity index (χ2n) is 10.7. The minimum Gasteiger partial charge on any atom is -0.398 e. The Balaban J connectivity index is 0.000000108. The Morgan fingerprint density at radius 2 is 0.400 bits per heavy atom. The molecule has 6 nitrogen and oxygen atoms in total. The van der Waals surface area contributed by atoms with Crippen molar-refractivity contribution in [3.8, 4) is 0 Å². The summed E-state index contributed by atoms with van der Waals surface area (Å²) < 4.78 is 0. The van der Waals surface area contributed by atoms with Gasteiger partial charge in [-0.15, -0.1) is 0 Å². The van der Waals surface area contributed by atoms with E-state index < -0.39 is 0 Å². The Hall–Kier alpha value is -6.27. The topological polar surface area (TPSA) is 117 Å². The second-order valence-corrected chi connectivity index (χ2v) is 10.7. The van der Waals surface area contributed by atoms with Gasteiger partial charge in [-0.2, -0.15) is 0 Å². The van der Waals surface area contributed by atoms with Gasteiger partial charge in [0.1, 0.15) is 0 Å². The number of rotatable bonds is 0. The van der Waals surface area contributed by atoms with Gasteiger partial charge < -0.3 is 17.2 Å². The van der Waals surface area contributed by atoms with E-state index in [2.05, 4.69) is 15.0 Å². The maximum Gasteiger partial charge on any atom is 0.0730 e. The van der Waals surface area contributed by atoms with Crippen LogP contribution in [0.2, 0.25) is 0 Å². The molecule has 45 heavy (non-hydrogen) atoms. The van der Waals surface area contributed by atoms with E-state index in [0.29, 0.717) is 0 Å². The van der Waals surface area contributed by atoms with E-state index in [1.165, 1.54) is 0 Å². The number of fused-ring (bicyclic) bond motifs is 6. The van der Waals surface area contributed by atoms with Crippen molar-refractivity contribution in [3.63, 3.8) is 0 Å². The van der Waals surface area contributed by atoms with Crippen molar-refractivity contribution in [1.29, 1.82) is 0 Å². The molecule has 0 saturated carbocycles. The summed E-state index contributed by atoms with van der Waals surface area (Å²) in [5.74, 6) is 0. The molecule has 0 aliphatic heterocycles. The van der Waals surface area contributed by atoms with Gasteiger partial charge >= 0.3 is 0 Å². The smallest absolute Gasteiger partial charge is 0.0730 e. The molecule has 0 saturated heterocycles. The lowest BCUT2D eigenvalue weighted by molar-refractivity contribution is 1.50. The number of aromatic nitrogens is 3. The zero-order chi connectivity index (χ0) is 30.8. The number of nitrogen functional groups attached to an aromatic ring is 3. The number of hydrogen-bond acceptors (Lipinski definition) is 6. The molecule has 0 unspecified atom stereocenters. The summed E-state index contributed by atoms with van der Waals surface area (Å²) in [5, 5.41) is 6.15. The number of nitrogens with zero attached hydrogens (tertiary/aromatic N) is 3. The highest BCUT2D eigenvalue weighted by Gasteiger charge is 2.06. The molecule has 0 atom stereocenters. The van der Waals surface area contributed by atoms with Gasteiger partial charge in [0.25, 0.3) is 0 Å². The lowest BCUT2D eigenvalue weighted by Gasteiger charge is -2.05. The first-order valence-corrected chi connectivity index (χ1v) is 14.7. The Bertz CT molecular complexity index is 2050. The van der Waals surface area contributed by atoms with Gasteiger partial charge in [-0.1, -0.05) is 109 Å². The molecule has 0 radical (unpaired) electrons. The molecule has 0 spiro atoms. The zero-order valence-electron chi connectivity index (χ0n) is 24.4. The van der Waals surface area contributed by atoms with Crippen LogP contribution in [0.5, 0.6) is 0 Å². The first-order valence-electron chi connectivity index (χ1n) is 14.7. The van der Waals surface area contributed by atoms with E-state index in [0.717, 1.165) is 82.5 Å². The summed E-state index contributed by atoms with van der Waals surface area (Å²) >= 11 is 0. The first-order chi connectivity index (χ1) is 22.1. The minimum atomic E-state index is 0.816. The van der Waals surface area contributed by atoms with Crippen LogP contribution in [0.25, 0.3) is 65.4 Å². The summed E-state index contributed by atoms with van der Waals surface area (Å²) in [5.41, 5.74) is 26.5. The minimum absolute atomic E-state index is 0.816. The monoisotopic (exact) mass is 582 g/mol. The van der Waals surface area contributed by atoms with Crippen molar-refractivity contribution in [2.45, 2.75) is 0 Å². The summed E-state index contributed by atoms with van der Waals surface area (Å²) in [6.07, 6.45) is 0. The number of anilines is 3. The largest absolute Gasteiger partial charge is 0.398 e. The maximum atomic E-state index is 6.11. The van der Waals surface area contributed by atoms with Gasteiger partial charge in [0.2, 0.25) is 0 Å². The lowest BCUT2D eigenvalue weighted by atomic mass is 10.1. The molecule has 0 aliphatic rings. The molecule has 0 bridgehead atoms. The van der Waals surface area contributed by atoms with Crippen molar-refractivity contribution in [1.82, 2.24) is 15.0 Å². The van der Waals surface area contributed by atoms with Gasteiger partial charge in [0, 0.05) is 32.3 Å². The van der Waals surface area contributed by atoms with E-state index in [1.54, 1.807) is 0 Å². The third kappa shape index (κ3) is 5.26. The normalized spacial score (nSPS) is 10.9. The quantitative estimate of drug-likeness (QED) is 0.154. The number of benzene rings is 6. The summed E-state index contributed by atoms with van der Waals surface area (Å²) in [6, 6.07) is 47.7. The molecule has 6 heteroatoms. The Morgan fingerprint density at radius 3 is 0.578 bits per heavy atom. The van der Waals surface area contributed by atoms with E-state index in [1.807, 2.05) is 146 Å². The van der Waals surface area contributed by atoms with E-state index in [4.69, 9.17) is 17.2 Å². The Labute approximate surface area is 259 Å². The van der Waals surface area contributed by atoms with Crippen LogP contribution in [0.4, 0.5) is 17.1 Å². The average Bonchev–Trinajstić information content (AvgIpc) is 3.09. The molecule has 9 rings (SSSR count). The zero-order valence-corrected chi connectivity index (χ0v) is 24.4. The van der Waals surface area contributed by atoms with Crippen molar-refractivity contribution < 1.29 is 0 Å². The van der Waals surface area contributed by atoms with Crippen molar-refractivity contribution in [3.05, 3.63) is 146 Å². The number of pyridine rings is 3. The third-order valence-electron chi connectivity index (χ3n) is 7.89. The van der Waals surface area contributed by atoms with Gasteiger partial charge in [0.05, 0.1) is 50.2 Å². The molecular formula is C39H30N6. The van der Waals surface area contributed by atoms with Gasteiger partial charge in [-0.05, 0) is 36.4 Å². The average molecular weight is 583 g/mol. The SMILES string of the molecule is Nc1c2ccccc2nc2ccccc12.Nc1c2ccccc2nc2ccccc12.Nc1c2ccccc2nc2ccccc12. The van der Waals surface area contributed by atoms with Crippen LogP contribution in [0.1, 0.15) is 0 Å². The molecule has 0 fully saturated rings. The molecule has 3 aromatic heterocycles. The Morgan fingerprint density at radius 1 is 0.244 bits per heavy atom. The standard InChI is InChI=1S/3C13H10N2/c3*14-13-9-5-1-3-7-11(9)15-12-8-4-2-6-10(12)13/h3*1-8H,(H2,14,15). The summed E-state index contributed by atoms with van der Waals surface area (Å²) in [6.45, 7) is 0. The molecule has 6 aromatic carbocycles. The predicted molar refractivity (Wildman–Crippen MR) is 191 cm³/mol. The van der Waals surface area contributed by atoms with Gasteiger partial charge in [-0.3, -0.25) is 0 Å². The molecular weight excluding hydrogens is 552 g/mol. The third-order valence-corrected chi connectivity index (χ3v) is 7.89. The van der Waals surface area contributed by atoms with Crippen molar-refractivity contribution >= 4 is 82.5 Å². The van der Waals surface area contributed by atoms with Crippen LogP contribution in [-0.2, 0) is 0 Å². The fraction of sp³-hybridized carbons (Fsp3) is 0. The fourth-order valence-corrected chi connectivity index (χ4v) is 5.62. The molecule has 0 amide bonds. The summed E-state index contributed by atoms with van der Waals surface area (Å²) in [4.78, 5) is 13.7. The summed E-state index contributed by atoms with van der Waals surface area (Å²) in [7, 11) is 0. The maximum absolute atomic E-state index is 6.11. The fourth-order valence-electron chi connectivity index (χ4n) is 5.62. The highest BCUT2D eigenvalue weighted by molar-refractivity contribution is 6.08. The first kappa shape index (κ1) is 27.6. The van der Waals surface area contributed by atoms with Crippen LogP contribution in [0.15, 0.2) is 146 Å². The molecule has 9 aromatic rings. The molecule has 6 N–H and O–H groups in total. The number of para-hydroxylation sites is 6. The van der Waals surface area contributed by atoms with Crippen LogP contribution in [0, 0.1) is 0 Å². The Kier molecular flexibility index (Phi) is 7.21. The predicted octanol–water partition coefficient (Wildman–Crippen LogP) is 8.91. The second kappa shape index (κ2) is 11.8. The van der Waals surface area contributed by atoms with Crippen molar-refractivity contribution in [2.75, 3.05) is 17.2 Å². The van der Waals surface area contributed by atoms with E-state index >= 15 is 0 Å². The van der Waals surface area contributed by atoms with Crippen LogP contribution >= 0.6 is 0 Å². The van der Waals surface area contributed by atoms with E-state index in [9.17, 15) is 0 Å². The highest BCUT2D eigenvalue weighted by atomic mass is 14.7. The van der Waals surface area contributed by atoms with Crippen LogP contribution in [-0.4, -0.2) is 15.0 Å². The molecule has 0 aliphatic carbocycles. The van der Waals surface area contributed by atoms with Gasteiger partial charge in [0.15, 0.2) is 0 Å². The molecule has 3 heterocycles. The van der Waals surface area contributed by atoms with Gasteiger partial charge in [-0.25, -0.2) is 15.0 Å². The van der Waals surface area contributed by atoms with Crippen LogP contribution in [0.3, 0.4) is 0 Å². The van der Waals surface area contributed by atoms with E-state index in [-0.39, 0.29) is 0 Å². The van der Waals surface area contributed by atoms with Crippen LogP contribution < -0.4 is 17.2 Å². The number of nitrogens with two attached hydrogens (primary N) is 3. The highest BCUT2D eigenvalue weighted by Crippen LogP contribution is 2.29. The molecule has 216 valence electrons. The van der Waals surface area contributed by atoms with Crippen molar-refractivity contribution in [2.24, 2.45) is 0 Å². The lowest BCUT2D eigenvalue weighted by Crippen LogP contribution is -1.91. The number of hydrogen-bond donors (Lipinski definition) is 3.